The fraction of sp³-hybridized carbons (Fsp3) is 0.875. The second-order valence-electron chi connectivity index (χ2n) is 6.75. The first-order valence-electron chi connectivity index (χ1n) is 6.97. The molecule has 0 amide bonds. The van der Waals surface area contributed by atoms with Gasteiger partial charge in [0.1, 0.15) is 0 Å². The Morgan fingerprint density at radius 3 is 2.06 bits per heavy atom. The van der Waals surface area contributed by atoms with Crippen molar-refractivity contribution in [2.75, 3.05) is 0 Å². The molecule has 0 heterocycles. The van der Waals surface area contributed by atoms with Crippen LogP contribution in [0, 0.1) is 10.8 Å². The van der Waals surface area contributed by atoms with Crippen LogP contribution in [0.15, 0.2) is 11.6 Å². The molecule has 1 unspecified atom stereocenters. The van der Waals surface area contributed by atoms with Crippen LogP contribution in [0.4, 0.5) is 0 Å². The molecule has 17 heavy (non-hydrogen) atoms. The lowest BCUT2D eigenvalue weighted by Crippen LogP contribution is -2.14. The van der Waals surface area contributed by atoms with Crippen molar-refractivity contribution in [2.24, 2.45) is 10.8 Å². The first kappa shape index (κ1) is 17.0. The number of hydrogen-bond acceptors (Lipinski definition) is 0. The average molecular weight is 259 g/mol. The molecule has 1 heteroatoms. The molecule has 0 aliphatic rings. The summed E-state index contributed by atoms with van der Waals surface area (Å²) in [5, 5.41) is 0.201. The minimum absolute atomic E-state index is 0.201. The van der Waals surface area contributed by atoms with E-state index in [1.54, 1.807) is 0 Å². The standard InChI is InChI=1S/C16H31Cl/c1-8-15(4,5)11-10-14(17)13(3)12-16(6,7)9-2/h12,14H,8-11H2,1-7H3/b13-12-. The molecule has 0 aliphatic carbocycles. The SMILES string of the molecule is CCC(C)(C)/C=C(/C)C(Cl)CCC(C)(C)CC. The summed E-state index contributed by atoms with van der Waals surface area (Å²) in [6, 6.07) is 0. The Labute approximate surface area is 114 Å². The van der Waals surface area contributed by atoms with Gasteiger partial charge in [0.25, 0.3) is 0 Å². The highest BCUT2D eigenvalue weighted by atomic mass is 35.5. The number of rotatable bonds is 7. The van der Waals surface area contributed by atoms with Gasteiger partial charge in [-0.2, -0.15) is 0 Å². The van der Waals surface area contributed by atoms with E-state index >= 15 is 0 Å². The summed E-state index contributed by atoms with van der Waals surface area (Å²) in [6.07, 6.45) is 7.03. The van der Waals surface area contributed by atoms with Crippen molar-refractivity contribution >= 4 is 11.6 Å². The minimum Gasteiger partial charge on any atom is -0.118 e. The molecule has 0 N–H and O–H groups in total. The molecule has 0 rings (SSSR count). The Morgan fingerprint density at radius 1 is 1.12 bits per heavy atom. The van der Waals surface area contributed by atoms with Crippen LogP contribution in [0.3, 0.4) is 0 Å². The van der Waals surface area contributed by atoms with E-state index in [9.17, 15) is 0 Å². The largest absolute Gasteiger partial charge is 0.118 e. The maximum Gasteiger partial charge on any atom is 0.0543 e. The maximum atomic E-state index is 6.49. The van der Waals surface area contributed by atoms with Gasteiger partial charge in [-0.05, 0) is 37.0 Å². The number of alkyl halides is 1. The third kappa shape index (κ3) is 7.13. The molecule has 0 aromatic heterocycles. The normalized spacial score (nSPS) is 16.1. The number of halogens is 1. The molecule has 1 atom stereocenters. The predicted molar refractivity (Wildman–Crippen MR) is 80.8 cm³/mol. The smallest absolute Gasteiger partial charge is 0.0543 e. The second-order valence-corrected chi connectivity index (χ2v) is 7.28. The summed E-state index contributed by atoms with van der Waals surface area (Å²) >= 11 is 6.49. The zero-order chi connectivity index (χ0) is 13.7. The summed E-state index contributed by atoms with van der Waals surface area (Å²) in [5.74, 6) is 0. The first-order valence-corrected chi connectivity index (χ1v) is 7.40. The van der Waals surface area contributed by atoms with Gasteiger partial charge in [0.15, 0.2) is 0 Å². The van der Waals surface area contributed by atoms with Crippen molar-refractivity contribution in [3.05, 3.63) is 11.6 Å². The van der Waals surface area contributed by atoms with Crippen LogP contribution >= 0.6 is 11.6 Å². The van der Waals surface area contributed by atoms with Crippen LogP contribution in [-0.4, -0.2) is 5.38 Å². The summed E-state index contributed by atoms with van der Waals surface area (Å²) in [6.45, 7) is 15.9. The molecule has 0 bridgehead atoms. The lowest BCUT2D eigenvalue weighted by Gasteiger charge is -2.25. The van der Waals surface area contributed by atoms with Crippen molar-refractivity contribution in [1.82, 2.24) is 0 Å². The first-order chi connectivity index (χ1) is 7.63. The van der Waals surface area contributed by atoms with E-state index < -0.39 is 0 Å². The van der Waals surface area contributed by atoms with Gasteiger partial charge in [-0.25, -0.2) is 0 Å². The topological polar surface area (TPSA) is 0 Å². The van der Waals surface area contributed by atoms with Gasteiger partial charge in [-0.1, -0.05) is 59.6 Å². The van der Waals surface area contributed by atoms with Crippen LogP contribution in [0.5, 0.6) is 0 Å². The highest BCUT2D eigenvalue weighted by Crippen LogP contribution is 2.31. The summed E-state index contributed by atoms with van der Waals surface area (Å²) < 4.78 is 0. The lowest BCUT2D eigenvalue weighted by molar-refractivity contribution is 0.313. The molecular weight excluding hydrogens is 228 g/mol. The molecule has 0 aromatic rings. The molecular formula is C16H31Cl. The quantitative estimate of drug-likeness (QED) is 0.377. The third-order valence-electron chi connectivity index (χ3n) is 4.06. The third-order valence-corrected chi connectivity index (χ3v) is 4.62. The Kier molecular flexibility index (Phi) is 6.84. The highest BCUT2D eigenvalue weighted by Gasteiger charge is 2.19. The van der Waals surface area contributed by atoms with Gasteiger partial charge in [0.2, 0.25) is 0 Å². The fourth-order valence-electron chi connectivity index (χ4n) is 1.73. The fourth-order valence-corrected chi connectivity index (χ4v) is 1.90. The Morgan fingerprint density at radius 2 is 1.65 bits per heavy atom. The summed E-state index contributed by atoms with van der Waals surface area (Å²) in [4.78, 5) is 0. The molecule has 0 aliphatic heterocycles. The monoisotopic (exact) mass is 258 g/mol. The Hall–Kier alpha value is 0.0300. The van der Waals surface area contributed by atoms with E-state index in [-0.39, 0.29) is 10.8 Å². The van der Waals surface area contributed by atoms with Gasteiger partial charge >= 0.3 is 0 Å². The predicted octanol–water partition coefficient (Wildman–Crippen LogP) is 6.19. The average Bonchev–Trinajstić information content (AvgIpc) is 2.25. The van der Waals surface area contributed by atoms with Crippen LogP contribution in [0.1, 0.15) is 74.1 Å². The van der Waals surface area contributed by atoms with Gasteiger partial charge in [-0.15, -0.1) is 11.6 Å². The molecule has 0 radical (unpaired) electrons. The molecule has 0 saturated heterocycles. The number of hydrogen-bond donors (Lipinski definition) is 0. The second kappa shape index (κ2) is 6.83. The van der Waals surface area contributed by atoms with Crippen LogP contribution in [0.2, 0.25) is 0 Å². The highest BCUT2D eigenvalue weighted by molar-refractivity contribution is 6.22. The minimum atomic E-state index is 0.201. The number of allylic oxidation sites excluding steroid dienone is 2. The van der Waals surface area contributed by atoms with Gasteiger partial charge in [0, 0.05) is 0 Å². The van der Waals surface area contributed by atoms with E-state index in [1.165, 1.54) is 18.4 Å². The van der Waals surface area contributed by atoms with E-state index in [4.69, 9.17) is 11.6 Å². The molecule has 0 saturated carbocycles. The van der Waals surface area contributed by atoms with E-state index in [2.05, 4.69) is 54.5 Å². The maximum absolute atomic E-state index is 6.49. The molecule has 0 aromatic carbocycles. The van der Waals surface area contributed by atoms with E-state index in [1.807, 2.05) is 0 Å². The Balaban J connectivity index is 4.38. The van der Waals surface area contributed by atoms with Crippen molar-refractivity contribution < 1.29 is 0 Å². The van der Waals surface area contributed by atoms with E-state index in [0.717, 1.165) is 12.8 Å². The molecule has 0 nitrogen and oxygen atoms in total. The van der Waals surface area contributed by atoms with E-state index in [0.29, 0.717) is 5.41 Å². The Bertz CT molecular complexity index is 248. The molecule has 102 valence electrons. The van der Waals surface area contributed by atoms with Crippen LogP contribution in [0.25, 0.3) is 0 Å². The van der Waals surface area contributed by atoms with Gasteiger partial charge in [-0.3, -0.25) is 0 Å². The zero-order valence-electron chi connectivity index (χ0n) is 12.9. The molecule has 0 fully saturated rings. The van der Waals surface area contributed by atoms with Crippen molar-refractivity contribution in [2.45, 2.75) is 79.5 Å². The van der Waals surface area contributed by atoms with Crippen molar-refractivity contribution in [1.29, 1.82) is 0 Å². The van der Waals surface area contributed by atoms with Crippen molar-refractivity contribution in [3.8, 4) is 0 Å². The molecule has 0 spiro atoms. The van der Waals surface area contributed by atoms with Crippen molar-refractivity contribution in [3.63, 3.8) is 0 Å². The van der Waals surface area contributed by atoms with Gasteiger partial charge < -0.3 is 0 Å². The summed E-state index contributed by atoms with van der Waals surface area (Å²) in [5.41, 5.74) is 2.04. The van der Waals surface area contributed by atoms with Crippen LogP contribution < -0.4 is 0 Å². The zero-order valence-corrected chi connectivity index (χ0v) is 13.6. The lowest BCUT2D eigenvalue weighted by atomic mass is 9.83. The van der Waals surface area contributed by atoms with Crippen LogP contribution in [-0.2, 0) is 0 Å². The van der Waals surface area contributed by atoms with Gasteiger partial charge in [0.05, 0.1) is 5.38 Å². The summed E-state index contributed by atoms with van der Waals surface area (Å²) in [7, 11) is 0.